The molecule has 8 heteroatoms. The second-order valence-electron chi connectivity index (χ2n) is 4.29. The molecule has 0 unspecified atom stereocenters. The van der Waals surface area contributed by atoms with Crippen LogP contribution in [0.5, 0.6) is 0 Å². The highest BCUT2D eigenvalue weighted by atomic mass is 35.5. The largest absolute Gasteiger partial charge is 0.421 e. The first-order chi connectivity index (χ1) is 10.8. The number of esters is 2. The molecule has 0 amide bonds. The van der Waals surface area contributed by atoms with Gasteiger partial charge in [-0.2, -0.15) is 0 Å². The molecule has 0 atom stereocenters. The van der Waals surface area contributed by atoms with Gasteiger partial charge >= 0.3 is 11.9 Å². The maximum absolute atomic E-state index is 12.1. The number of allylic oxidation sites excluding steroid dienone is 2. The molecule has 23 heavy (non-hydrogen) atoms. The number of hydrogen-bond acceptors (Lipinski definition) is 6. The van der Waals surface area contributed by atoms with E-state index in [1.807, 2.05) is 0 Å². The van der Waals surface area contributed by atoms with Crippen LogP contribution in [0.3, 0.4) is 0 Å². The fourth-order valence-electron chi connectivity index (χ4n) is 1.66. The van der Waals surface area contributed by atoms with E-state index in [0.717, 1.165) is 6.92 Å². The predicted octanol–water partition coefficient (Wildman–Crippen LogP) is 2.46. The van der Waals surface area contributed by atoms with Crippen molar-refractivity contribution >= 4 is 46.7 Å². The minimum atomic E-state index is -1.03. The molecule has 0 aromatic heterocycles. The molecule has 0 saturated carbocycles. The minimum Gasteiger partial charge on any atom is -0.421 e. The topological polar surface area (TPSA) is 86.7 Å². The molecule has 0 radical (unpaired) electrons. The molecule has 1 aliphatic carbocycles. The molecule has 0 heterocycles. The van der Waals surface area contributed by atoms with Gasteiger partial charge in [0.2, 0.25) is 23.1 Å². The molecule has 0 aliphatic heterocycles. The van der Waals surface area contributed by atoms with Gasteiger partial charge in [-0.15, -0.1) is 0 Å². The van der Waals surface area contributed by atoms with Gasteiger partial charge in [-0.25, -0.2) is 4.79 Å². The van der Waals surface area contributed by atoms with Gasteiger partial charge in [0.15, 0.2) is 0 Å². The van der Waals surface area contributed by atoms with Crippen molar-refractivity contribution in [2.24, 2.45) is 0 Å². The van der Waals surface area contributed by atoms with Crippen LogP contribution < -0.4 is 0 Å². The molecule has 118 valence electrons. The molecule has 1 aliphatic rings. The first kappa shape index (κ1) is 16.9. The smallest absolute Gasteiger partial charge is 0.343 e. The second kappa shape index (κ2) is 6.76. The van der Waals surface area contributed by atoms with E-state index in [0.29, 0.717) is 0 Å². The quantitative estimate of drug-likeness (QED) is 0.612. The third-order valence-electron chi connectivity index (χ3n) is 2.66. The van der Waals surface area contributed by atoms with Gasteiger partial charge in [0.25, 0.3) is 0 Å². The van der Waals surface area contributed by atoms with E-state index < -0.39 is 45.1 Å². The highest BCUT2D eigenvalue weighted by Gasteiger charge is 2.38. The number of rotatable bonds is 3. The van der Waals surface area contributed by atoms with E-state index in [-0.39, 0.29) is 5.56 Å². The van der Waals surface area contributed by atoms with Crippen molar-refractivity contribution in [2.45, 2.75) is 6.92 Å². The van der Waals surface area contributed by atoms with Gasteiger partial charge in [-0.05, 0) is 12.1 Å². The average Bonchev–Trinajstić information content (AvgIpc) is 2.54. The lowest BCUT2D eigenvalue weighted by molar-refractivity contribution is -0.139. The van der Waals surface area contributed by atoms with Gasteiger partial charge in [-0.1, -0.05) is 41.4 Å². The molecule has 2 rings (SSSR count). The molecule has 0 saturated heterocycles. The van der Waals surface area contributed by atoms with E-state index in [9.17, 15) is 19.2 Å². The third kappa shape index (κ3) is 3.49. The number of halogens is 2. The van der Waals surface area contributed by atoms with E-state index in [1.165, 1.54) is 12.1 Å². The van der Waals surface area contributed by atoms with Crippen molar-refractivity contribution in [3.63, 3.8) is 0 Å². The van der Waals surface area contributed by atoms with Crippen LogP contribution >= 0.6 is 23.2 Å². The molecule has 0 fully saturated rings. The molecule has 1 aromatic carbocycles. The Bertz CT molecular complexity index is 776. The Hall–Kier alpha value is -2.44. The van der Waals surface area contributed by atoms with Gasteiger partial charge in [-0.3, -0.25) is 14.4 Å². The van der Waals surface area contributed by atoms with Gasteiger partial charge in [0.1, 0.15) is 10.1 Å². The van der Waals surface area contributed by atoms with Crippen LogP contribution in [-0.4, -0.2) is 23.5 Å². The Balaban J connectivity index is 2.32. The third-order valence-corrected chi connectivity index (χ3v) is 3.35. The Kier molecular flexibility index (Phi) is 4.98. The van der Waals surface area contributed by atoms with Crippen molar-refractivity contribution in [1.82, 2.24) is 0 Å². The lowest BCUT2D eigenvalue weighted by atomic mass is 10.1. The normalized spacial score (nSPS) is 14.9. The maximum Gasteiger partial charge on any atom is 0.343 e. The number of benzene rings is 1. The first-order valence-electron chi connectivity index (χ1n) is 6.17. The van der Waals surface area contributed by atoms with Crippen LogP contribution in [0.25, 0.3) is 0 Å². The van der Waals surface area contributed by atoms with Crippen LogP contribution in [-0.2, 0) is 23.9 Å². The Labute approximate surface area is 140 Å². The Morgan fingerprint density at radius 2 is 1.35 bits per heavy atom. The number of carbonyl (C=O) groups is 4. The number of ketones is 2. The minimum absolute atomic E-state index is 0.149. The number of carbonyl (C=O) groups excluding carboxylic acids is 4. The zero-order chi connectivity index (χ0) is 17.1. The number of Topliss-reactive ketones (excluding diaryl/α,β-unsaturated/α-hetero) is 2. The van der Waals surface area contributed by atoms with Gasteiger partial charge in [0, 0.05) is 6.92 Å². The van der Waals surface area contributed by atoms with Gasteiger partial charge in [0.05, 0.1) is 5.56 Å². The molecular formula is C15H8Cl2O6. The molecule has 0 N–H and O–H groups in total. The van der Waals surface area contributed by atoms with Crippen LogP contribution in [0.15, 0.2) is 51.9 Å². The average molecular weight is 355 g/mol. The summed E-state index contributed by atoms with van der Waals surface area (Å²) >= 11 is 11.5. The van der Waals surface area contributed by atoms with Crippen molar-refractivity contribution in [3.05, 3.63) is 57.5 Å². The zero-order valence-corrected chi connectivity index (χ0v) is 13.1. The van der Waals surface area contributed by atoms with Crippen molar-refractivity contribution in [1.29, 1.82) is 0 Å². The molecule has 1 aromatic rings. The van der Waals surface area contributed by atoms with E-state index in [2.05, 4.69) is 4.74 Å². The molecule has 0 bridgehead atoms. The summed E-state index contributed by atoms with van der Waals surface area (Å²) in [6.45, 7) is 1.03. The highest BCUT2D eigenvalue weighted by molar-refractivity contribution is 6.55. The van der Waals surface area contributed by atoms with Crippen LogP contribution in [0.4, 0.5) is 0 Å². The molecular weight excluding hydrogens is 347 g/mol. The van der Waals surface area contributed by atoms with E-state index in [1.54, 1.807) is 18.2 Å². The summed E-state index contributed by atoms with van der Waals surface area (Å²) < 4.78 is 9.45. The first-order valence-corrected chi connectivity index (χ1v) is 6.93. The predicted molar refractivity (Wildman–Crippen MR) is 79.4 cm³/mol. The summed E-state index contributed by atoms with van der Waals surface area (Å²) in [5.74, 6) is -5.21. The van der Waals surface area contributed by atoms with Crippen LogP contribution in [0, 0.1) is 0 Å². The molecule has 0 spiro atoms. The standard InChI is InChI=1S/C15H8Cl2O6/c1-7(18)22-13-9(16)12(20)14(10(17)11(13)19)23-15(21)8-5-3-2-4-6-8/h2-6H,1H3. The summed E-state index contributed by atoms with van der Waals surface area (Å²) in [5, 5.41) is -1.38. The number of ether oxygens (including phenoxy) is 2. The number of hydrogen-bond donors (Lipinski definition) is 0. The highest BCUT2D eigenvalue weighted by Crippen LogP contribution is 2.31. The Morgan fingerprint density at radius 3 is 1.83 bits per heavy atom. The summed E-state index contributed by atoms with van der Waals surface area (Å²) in [5.41, 5.74) is 0.149. The zero-order valence-electron chi connectivity index (χ0n) is 11.6. The SMILES string of the molecule is CC(=O)OC1=C(Cl)C(=O)C(OC(=O)c2ccccc2)=C(Cl)C1=O. The summed E-state index contributed by atoms with van der Waals surface area (Å²) in [6, 6.07) is 7.77. The fourth-order valence-corrected chi connectivity index (χ4v) is 2.08. The maximum atomic E-state index is 12.1. The van der Waals surface area contributed by atoms with Crippen LogP contribution in [0.1, 0.15) is 17.3 Å². The van der Waals surface area contributed by atoms with E-state index >= 15 is 0 Å². The summed E-state index contributed by atoms with van der Waals surface area (Å²) in [6.07, 6.45) is 0. The summed E-state index contributed by atoms with van der Waals surface area (Å²) in [4.78, 5) is 47.0. The lowest BCUT2D eigenvalue weighted by Gasteiger charge is -2.16. The summed E-state index contributed by atoms with van der Waals surface area (Å²) in [7, 11) is 0. The Morgan fingerprint density at radius 1 is 0.870 bits per heavy atom. The fraction of sp³-hybridized carbons (Fsp3) is 0.0667. The van der Waals surface area contributed by atoms with Crippen molar-refractivity contribution in [2.75, 3.05) is 0 Å². The van der Waals surface area contributed by atoms with Gasteiger partial charge < -0.3 is 9.47 Å². The van der Waals surface area contributed by atoms with Crippen molar-refractivity contribution < 1.29 is 28.7 Å². The lowest BCUT2D eigenvalue weighted by Crippen LogP contribution is -2.25. The monoisotopic (exact) mass is 354 g/mol. The van der Waals surface area contributed by atoms with E-state index in [4.69, 9.17) is 27.9 Å². The van der Waals surface area contributed by atoms with Crippen LogP contribution in [0.2, 0.25) is 0 Å². The second-order valence-corrected chi connectivity index (χ2v) is 5.05. The molecule has 6 nitrogen and oxygen atoms in total. The van der Waals surface area contributed by atoms with Crippen molar-refractivity contribution in [3.8, 4) is 0 Å².